The smallest absolute Gasteiger partial charge is 0.247 e. The van der Waals surface area contributed by atoms with Gasteiger partial charge in [-0.15, -0.1) is 0 Å². The summed E-state index contributed by atoms with van der Waals surface area (Å²) in [5, 5.41) is 2.75. The number of nitrogens with zero attached hydrogens (tertiary/aromatic N) is 1. The summed E-state index contributed by atoms with van der Waals surface area (Å²) in [5.41, 5.74) is 2.97. The van der Waals surface area contributed by atoms with Crippen molar-refractivity contribution in [2.24, 2.45) is 0 Å². The second kappa shape index (κ2) is 4.70. The van der Waals surface area contributed by atoms with Crippen molar-refractivity contribution in [3.05, 3.63) is 60.9 Å². The van der Waals surface area contributed by atoms with Gasteiger partial charge in [0, 0.05) is 23.8 Å². The zero-order valence-corrected chi connectivity index (χ0v) is 9.68. The van der Waals surface area contributed by atoms with Gasteiger partial charge in [0.2, 0.25) is 5.91 Å². The molecule has 0 aliphatic heterocycles. The highest BCUT2D eigenvalue weighted by Crippen LogP contribution is 2.19. The van der Waals surface area contributed by atoms with Crippen LogP contribution in [0.25, 0.3) is 5.69 Å². The minimum Gasteiger partial charge on any atom is -0.324 e. The Morgan fingerprint density at radius 3 is 2.71 bits per heavy atom. The van der Waals surface area contributed by atoms with E-state index in [0.29, 0.717) is 0 Å². The Labute approximate surface area is 100 Å². The molecule has 1 N–H and O–H groups in total. The summed E-state index contributed by atoms with van der Waals surface area (Å²) in [7, 11) is 0. The van der Waals surface area contributed by atoms with Crippen molar-refractivity contribution in [1.82, 2.24) is 4.57 Å². The van der Waals surface area contributed by atoms with Gasteiger partial charge in [-0.1, -0.05) is 12.6 Å². The van der Waals surface area contributed by atoms with E-state index in [1.807, 2.05) is 54.2 Å². The zero-order chi connectivity index (χ0) is 12.3. The van der Waals surface area contributed by atoms with E-state index in [9.17, 15) is 4.79 Å². The lowest BCUT2D eigenvalue weighted by Crippen LogP contribution is -2.08. The van der Waals surface area contributed by atoms with E-state index in [0.717, 1.165) is 16.9 Å². The van der Waals surface area contributed by atoms with Crippen LogP contribution in [0.5, 0.6) is 0 Å². The predicted octanol–water partition coefficient (Wildman–Crippen LogP) is 2.91. The molecule has 0 fully saturated rings. The number of hydrogen-bond donors (Lipinski definition) is 1. The molecule has 0 atom stereocenters. The van der Waals surface area contributed by atoms with Crippen LogP contribution in [-0.4, -0.2) is 10.5 Å². The minimum atomic E-state index is -0.202. The maximum atomic E-state index is 11.2. The number of carbonyl (C=O) groups is 1. The molecule has 1 amide bonds. The van der Waals surface area contributed by atoms with E-state index >= 15 is 0 Å². The van der Waals surface area contributed by atoms with Crippen molar-refractivity contribution >= 4 is 11.6 Å². The molecule has 0 radical (unpaired) electrons. The van der Waals surface area contributed by atoms with Crippen molar-refractivity contribution < 1.29 is 4.79 Å². The summed E-state index contributed by atoms with van der Waals surface area (Å²) in [5.74, 6) is -0.202. The standard InChI is InChI=1S/C14H14N2O/c1-3-14(17)15-12-7-6-11(2)13(10-12)16-8-4-5-9-16/h3-10H,1H2,2H3,(H,15,17). The van der Waals surface area contributed by atoms with Crippen molar-refractivity contribution in [2.45, 2.75) is 6.92 Å². The van der Waals surface area contributed by atoms with Crippen LogP contribution in [0.1, 0.15) is 5.56 Å². The topological polar surface area (TPSA) is 34.0 Å². The van der Waals surface area contributed by atoms with E-state index < -0.39 is 0 Å². The molecule has 17 heavy (non-hydrogen) atoms. The van der Waals surface area contributed by atoms with Gasteiger partial charge < -0.3 is 9.88 Å². The molecule has 0 unspecified atom stereocenters. The maximum Gasteiger partial charge on any atom is 0.247 e. The highest BCUT2D eigenvalue weighted by Gasteiger charge is 2.03. The lowest BCUT2D eigenvalue weighted by atomic mass is 10.1. The number of carbonyl (C=O) groups excluding carboxylic acids is 1. The van der Waals surface area contributed by atoms with Crippen LogP contribution in [0.3, 0.4) is 0 Å². The van der Waals surface area contributed by atoms with Gasteiger partial charge in [0.1, 0.15) is 0 Å². The van der Waals surface area contributed by atoms with E-state index in [2.05, 4.69) is 11.9 Å². The van der Waals surface area contributed by atoms with Gasteiger partial charge in [0.05, 0.1) is 0 Å². The van der Waals surface area contributed by atoms with Gasteiger partial charge in [0.15, 0.2) is 0 Å². The quantitative estimate of drug-likeness (QED) is 0.802. The number of anilines is 1. The number of nitrogens with one attached hydrogen (secondary N) is 1. The first-order valence-electron chi connectivity index (χ1n) is 5.38. The number of aromatic nitrogens is 1. The SMILES string of the molecule is C=CC(=O)Nc1ccc(C)c(-n2cccc2)c1. The van der Waals surface area contributed by atoms with Crippen molar-refractivity contribution in [3.63, 3.8) is 0 Å². The molecule has 1 aromatic heterocycles. The first kappa shape index (κ1) is 11.2. The van der Waals surface area contributed by atoms with Crippen LogP contribution in [0.2, 0.25) is 0 Å². The van der Waals surface area contributed by atoms with Crippen molar-refractivity contribution in [1.29, 1.82) is 0 Å². The predicted molar refractivity (Wildman–Crippen MR) is 69.3 cm³/mol. The Balaban J connectivity index is 2.36. The highest BCUT2D eigenvalue weighted by atomic mass is 16.1. The number of aryl methyl sites for hydroxylation is 1. The van der Waals surface area contributed by atoms with E-state index in [1.165, 1.54) is 6.08 Å². The van der Waals surface area contributed by atoms with Crippen LogP contribution in [0.4, 0.5) is 5.69 Å². The molecule has 0 spiro atoms. The molecule has 3 heteroatoms. The Kier molecular flexibility index (Phi) is 3.10. The third kappa shape index (κ3) is 2.45. The average Bonchev–Trinajstić information content (AvgIpc) is 2.85. The molecule has 0 saturated carbocycles. The van der Waals surface area contributed by atoms with Gasteiger partial charge in [-0.3, -0.25) is 4.79 Å². The molecule has 0 saturated heterocycles. The molecule has 2 rings (SSSR count). The van der Waals surface area contributed by atoms with Crippen LogP contribution in [0, 0.1) is 6.92 Å². The fourth-order valence-corrected chi connectivity index (χ4v) is 1.65. The summed E-state index contributed by atoms with van der Waals surface area (Å²) < 4.78 is 2.01. The summed E-state index contributed by atoms with van der Waals surface area (Å²) in [4.78, 5) is 11.2. The third-order valence-corrected chi connectivity index (χ3v) is 2.54. The molecule has 1 heterocycles. The molecule has 0 aliphatic carbocycles. The number of amides is 1. The molecular formula is C14H14N2O. The fourth-order valence-electron chi connectivity index (χ4n) is 1.65. The van der Waals surface area contributed by atoms with Gasteiger partial charge in [-0.2, -0.15) is 0 Å². The largest absolute Gasteiger partial charge is 0.324 e. The summed E-state index contributed by atoms with van der Waals surface area (Å²) >= 11 is 0. The first-order valence-corrected chi connectivity index (χ1v) is 5.38. The van der Waals surface area contributed by atoms with Crippen molar-refractivity contribution in [3.8, 4) is 5.69 Å². The molecular weight excluding hydrogens is 212 g/mol. The van der Waals surface area contributed by atoms with Gasteiger partial charge in [0.25, 0.3) is 0 Å². The number of rotatable bonds is 3. The number of hydrogen-bond acceptors (Lipinski definition) is 1. The van der Waals surface area contributed by atoms with Gasteiger partial charge in [-0.25, -0.2) is 0 Å². The maximum absolute atomic E-state index is 11.2. The van der Waals surface area contributed by atoms with E-state index in [4.69, 9.17) is 0 Å². The fraction of sp³-hybridized carbons (Fsp3) is 0.0714. The molecule has 86 valence electrons. The van der Waals surface area contributed by atoms with Gasteiger partial charge >= 0.3 is 0 Å². The lowest BCUT2D eigenvalue weighted by Gasteiger charge is -2.10. The van der Waals surface area contributed by atoms with Crippen LogP contribution < -0.4 is 5.32 Å². The Morgan fingerprint density at radius 2 is 2.06 bits per heavy atom. The van der Waals surface area contributed by atoms with Crippen LogP contribution in [-0.2, 0) is 4.79 Å². The van der Waals surface area contributed by atoms with E-state index in [1.54, 1.807) is 0 Å². The lowest BCUT2D eigenvalue weighted by molar-refractivity contribution is -0.111. The second-order valence-electron chi connectivity index (χ2n) is 3.78. The molecule has 1 aromatic carbocycles. The zero-order valence-electron chi connectivity index (χ0n) is 9.68. The monoisotopic (exact) mass is 226 g/mol. The number of benzene rings is 1. The van der Waals surface area contributed by atoms with Crippen LogP contribution >= 0.6 is 0 Å². The highest BCUT2D eigenvalue weighted by molar-refractivity contribution is 5.99. The average molecular weight is 226 g/mol. The minimum absolute atomic E-state index is 0.202. The van der Waals surface area contributed by atoms with Crippen molar-refractivity contribution in [2.75, 3.05) is 5.32 Å². The Hall–Kier alpha value is -2.29. The Bertz CT molecular complexity index is 541. The Morgan fingerprint density at radius 1 is 1.35 bits per heavy atom. The molecule has 2 aromatic rings. The summed E-state index contributed by atoms with van der Waals surface area (Å²) in [6, 6.07) is 9.73. The first-order chi connectivity index (χ1) is 8.20. The third-order valence-electron chi connectivity index (χ3n) is 2.54. The van der Waals surface area contributed by atoms with Gasteiger partial charge in [-0.05, 0) is 42.8 Å². The molecule has 0 aliphatic rings. The molecule has 3 nitrogen and oxygen atoms in total. The summed E-state index contributed by atoms with van der Waals surface area (Å²) in [6.07, 6.45) is 5.21. The summed E-state index contributed by atoms with van der Waals surface area (Å²) in [6.45, 7) is 5.47. The molecule has 0 bridgehead atoms. The normalized spacial score (nSPS) is 9.94. The van der Waals surface area contributed by atoms with Crippen LogP contribution in [0.15, 0.2) is 55.4 Å². The second-order valence-corrected chi connectivity index (χ2v) is 3.78. The van der Waals surface area contributed by atoms with E-state index in [-0.39, 0.29) is 5.91 Å².